The molecule has 27 heavy (non-hydrogen) atoms. The third-order valence-corrected chi connectivity index (χ3v) is 4.48. The van der Waals surface area contributed by atoms with Crippen molar-refractivity contribution in [3.05, 3.63) is 47.9 Å². The van der Waals surface area contributed by atoms with Gasteiger partial charge in [-0.05, 0) is 24.7 Å². The van der Waals surface area contributed by atoms with E-state index in [-0.39, 0.29) is 11.4 Å². The maximum absolute atomic E-state index is 12.8. The van der Waals surface area contributed by atoms with E-state index in [1.54, 1.807) is 6.07 Å². The van der Waals surface area contributed by atoms with Crippen molar-refractivity contribution >= 4 is 17.4 Å². The molecule has 0 spiro atoms. The quantitative estimate of drug-likeness (QED) is 0.885. The zero-order valence-electron chi connectivity index (χ0n) is 14.8. The smallest absolute Gasteiger partial charge is 0.354 e. The van der Waals surface area contributed by atoms with Crippen molar-refractivity contribution in [3.63, 3.8) is 0 Å². The van der Waals surface area contributed by atoms with Crippen LogP contribution in [-0.4, -0.2) is 53.5 Å². The number of piperazine rings is 1. The summed E-state index contributed by atoms with van der Waals surface area (Å²) in [4.78, 5) is 24.9. The van der Waals surface area contributed by atoms with Crippen molar-refractivity contribution in [3.8, 4) is 0 Å². The summed E-state index contributed by atoms with van der Waals surface area (Å²) in [5.41, 5.74) is -0.653. The molecule has 3 rings (SSSR count). The molecular weight excluding hydrogens is 359 g/mol. The molecule has 0 radical (unpaired) electrons. The molecule has 1 amide bonds. The Morgan fingerprint density at radius 1 is 1.15 bits per heavy atom. The number of carbonyl (C=O) groups is 1. The predicted molar refractivity (Wildman–Crippen MR) is 95.8 cm³/mol. The molecule has 2 heterocycles. The second-order valence-electron chi connectivity index (χ2n) is 6.22. The molecule has 1 aromatic heterocycles. The van der Waals surface area contributed by atoms with Crippen LogP contribution in [0.2, 0.25) is 0 Å². The number of likely N-dealkylation sites (N-methyl/N-ethyl adjacent to an activating group) is 1. The number of halogens is 3. The Bertz CT molecular complexity index is 804. The van der Waals surface area contributed by atoms with Crippen LogP contribution in [0.1, 0.15) is 23.0 Å². The van der Waals surface area contributed by atoms with Gasteiger partial charge in [0.15, 0.2) is 0 Å². The first-order valence-corrected chi connectivity index (χ1v) is 8.65. The normalized spacial score (nSPS) is 15.6. The first-order chi connectivity index (χ1) is 12.9. The van der Waals surface area contributed by atoms with E-state index in [0.717, 1.165) is 44.9 Å². The van der Waals surface area contributed by atoms with Crippen LogP contribution >= 0.6 is 0 Å². The molecule has 1 aliphatic heterocycles. The summed E-state index contributed by atoms with van der Waals surface area (Å²) in [6, 6.07) is 6.05. The number of nitrogens with one attached hydrogen (secondary N) is 1. The molecule has 0 aliphatic carbocycles. The van der Waals surface area contributed by atoms with Crippen molar-refractivity contribution in [2.45, 2.75) is 13.1 Å². The molecule has 0 bridgehead atoms. The number of carbonyl (C=O) groups excluding carboxylic acids is 1. The first-order valence-electron chi connectivity index (χ1n) is 8.65. The molecule has 6 nitrogen and oxygen atoms in total. The minimum atomic E-state index is -4.47. The van der Waals surface area contributed by atoms with Gasteiger partial charge in [0.1, 0.15) is 17.8 Å². The topological polar surface area (TPSA) is 61.4 Å². The van der Waals surface area contributed by atoms with Gasteiger partial charge < -0.3 is 15.1 Å². The van der Waals surface area contributed by atoms with Crippen molar-refractivity contribution in [1.82, 2.24) is 14.9 Å². The average molecular weight is 379 g/mol. The van der Waals surface area contributed by atoms with E-state index in [1.807, 2.05) is 0 Å². The molecule has 9 heteroatoms. The minimum Gasteiger partial charge on any atom is -0.354 e. The number of benzene rings is 1. The molecule has 144 valence electrons. The van der Waals surface area contributed by atoms with E-state index < -0.39 is 17.6 Å². The lowest BCUT2D eigenvalue weighted by atomic mass is 10.2. The molecule has 1 fully saturated rings. The molecular formula is C18H20F3N5O. The highest BCUT2D eigenvalue weighted by atomic mass is 19.4. The second-order valence-corrected chi connectivity index (χ2v) is 6.22. The third kappa shape index (κ3) is 4.73. The summed E-state index contributed by atoms with van der Waals surface area (Å²) in [6.07, 6.45) is -3.17. The van der Waals surface area contributed by atoms with Crippen LogP contribution < -0.4 is 10.2 Å². The number of amides is 1. The van der Waals surface area contributed by atoms with E-state index in [1.165, 1.54) is 18.5 Å². The van der Waals surface area contributed by atoms with Crippen LogP contribution in [0, 0.1) is 0 Å². The van der Waals surface area contributed by atoms with Crippen LogP contribution in [0.4, 0.5) is 24.7 Å². The zero-order chi connectivity index (χ0) is 19.4. The van der Waals surface area contributed by atoms with Gasteiger partial charge in [0.2, 0.25) is 0 Å². The number of anilines is 2. The highest BCUT2D eigenvalue weighted by Gasteiger charge is 2.30. The Labute approximate surface area is 155 Å². The molecule has 1 aliphatic rings. The van der Waals surface area contributed by atoms with Gasteiger partial charge in [0, 0.05) is 37.9 Å². The van der Waals surface area contributed by atoms with E-state index in [2.05, 4.69) is 32.0 Å². The maximum Gasteiger partial charge on any atom is 0.416 e. The van der Waals surface area contributed by atoms with Gasteiger partial charge in [-0.25, -0.2) is 9.97 Å². The van der Waals surface area contributed by atoms with Crippen LogP contribution in [0.3, 0.4) is 0 Å². The number of hydrogen-bond acceptors (Lipinski definition) is 5. The van der Waals surface area contributed by atoms with E-state index in [9.17, 15) is 18.0 Å². The number of hydrogen-bond donors (Lipinski definition) is 1. The molecule has 2 aromatic rings. The van der Waals surface area contributed by atoms with Crippen molar-refractivity contribution in [2.24, 2.45) is 0 Å². The minimum absolute atomic E-state index is 0.0616. The van der Waals surface area contributed by atoms with Gasteiger partial charge in [-0.3, -0.25) is 4.79 Å². The van der Waals surface area contributed by atoms with Gasteiger partial charge in [-0.2, -0.15) is 13.2 Å². The molecule has 1 N–H and O–H groups in total. The lowest BCUT2D eigenvalue weighted by Gasteiger charge is -2.34. The zero-order valence-corrected chi connectivity index (χ0v) is 14.8. The Kier molecular flexibility index (Phi) is 5.59. The van der Waals surface area contributed by atoms with Crippen LogP contribution in [0.5, 0.6) is 0 Å². The Balaban J connectivity index is 1.71. The van der Waals surface area contributed by atoms with Gasteiger partial charge in [-0.15, -0.1) is 0 Å². The van der Waals surface area contributed by atoms with E-state index in [0.29, 0.717) is 5.82 Å². The van der Waals surface area contributed by atoms with E-state index >= 15 is 0 Å². The summed E-state index contributed by atoms with van der Waals surface area (Å²) < 4.78 is 38.4. The Morgan fingerprint density at radius 3 is 2.56 bits per heavy atom. The standard InChI is InChI=1S/C18H20F3N5O/c1-2-25-6-8-26(9-7-25)16-11-15(22-12-23-16)17(27)24-14-5-3-4-13(10-14)18(19,20)21/h3-5,10-12H,2,6-9H2,1H3,(H,24,27). The Morgan fingerprint density at radius 2 is 1.89 bits per heavy atom. The van der Waals surface area contributed by atoms with Gasteiger partial charge in [0.05, 0.1) is 5.56 Å². The summed E-state index contributed by atoms with van der Waals surface area (Å²) in [6.45, 7) is 6.50. The lowest BCUT2D eigenvalue weighted by molar-refractivity contribution is -0.137. The highest BCUT2D eigenvalue weighted by Crippen LogP contribution is 2.30. The first kappa shape index (κ1) is 19.1. The molecule has 0 atom stereocenters. The maximum atomic E-state index is 12.8. The summed E-state index contributed by atoms with van der Waals surface area (Å²) >= 11 is 0. The summed E-state index contributed by atoms with van der Waals surface area (Å²) in [5.74, 6) is 0.0557. The second kappa shape index (κ2) is 7.91. The van der Waals surface area contributed by atoms with Crippen LogP contribution in [-0.2, 0) is 6.18 Å². The van der Waals surface area contributed by atoms with Crippen molar-refractivity contribution in [2.75, 3.05) is 42.9 Å². The fourth-order valence-corrected chi connectivity index (χ4v) is 2.91. The summed E-state index contributed by atoms with van der Waals surface area (Å²) in [5, 5.41) is 2.46. The fraction of sp³-hybridized carbons (Fsp3) is 0.389. The van der Waals surface area contributed by atoms with Crippen LogP contribution in [0.25, 0.3) is 0 Å². The average Bonchev–Trinajstić information content (AvgIpc) is 2.68. The van der Waals surface area contributed by atoms with Gasteiger partial charge in [-0.1, -0.05) is 13.0 Å². The predicted octanol–water partition coefficient (Wildman–Crippen LogP) is 2.89. The van der Waals surface area contributed by atoms with Crippen LogP contribution in [0.15, 0.2) is 36.7 Å². The lowest BCUT2D eigenvalue weighted by Crippen LogP contribution is -2.46. The number of nitrogens with zero attached hydrogens (tertiary/aromatic N) is 4. The summed E-state index contributed by atoms with van der Waals surface area (Å²) in [7, 11) is 0. The Hall–Kier alpha value is -2.68. The van der Waals surface area contributed by atoms with Gasteiger partial charge in [0.25, 0.3) is 5.91 Å². The molecule has 1 saturated heterocycles. The van der Waals surface area contributed by atoms with Crippen molar-refractivity contribution in [1.29, 1.82) is 0 Å². The monoisotopic (exact) mass is 379 g/mol. The third-order valence-electron chi connectivity index (χ3n) is 4.48. The number of alkyl halides is 3. The van der Waals surface area contributed by atoms with Gasteiger partial charge >= 0.3 is 6.18 Å². The molecule has 0 unspecified atom stereocenters. The van der Waals surface area contributed by atoms with Crippen molar-refractivity contribution < 1.29 is 18.0 Å². The number of rotatable bonds is 4. The fourth-order valence-electron chi connectivity index (χ4n) is 2.91. The SMILES string of the molecule is CCN1CCN(c2cc(C(=O)Nc3cccc(C(F)(F)F)c3)ncn2)CC1. The number of aromatic nitrogens is 2. The molecule has 1 aromatic carbocycles. The molecule has 0 saturated carbocycles. The van der Waals surface area contributed by atoms with E-state index in [4.69, 9.17) is 0 Å². The highest BCUT2D eigenvalue weighted by molar-refractivity contribution is 6.03. The largest absolute Gasteiger partial charge is 0.416 e.